The van der Waals surface area contributed by atoms with Gasteiger partial charge >= 0.3 is 0 Å². The Morgan fingerprint density at radius 3 is 2.72 bits per heavy atom. The number of morpholine rings is 1. The normalized spacial score (nSPS) is 24.9. The Morgan fingerprint density at radius 2 is 2.04 bits per heavy atom. The van der Waals surface area contributed by atoms with Gasteiger partial charge in [-0.3, -0.25) is 9.69 Å². The van der Waals surface area contributed by atoms with Crippen LogP contribution in [0.25, 0.3) is 0 Å². The van der Waals surface area contributed by atoms with Crippen LogP contribution in [0.2, 0.25) is 0 Å². The summed E-state index contributed by atoms with van der Waals surface area (Å²) in [6.45, 7) is 9.67. The third-order valence-corrected chi connectivity index (χ3v) is 5.10. The van der Waals surface area contributed by atoms with Gasteiger partial charge in [0.25, 0.3) is 5.91 Å². The van der Waals surface area contributed by atoms with Crippen LogP contribution in [-0.4, -0.2) is 83.3 Å². The zero-order chi connectivity index (χ0) is 17.8. The number of hydrogen-bond donors (Lipinski definition) is 1. The van der Waals surface area contributed by atoms with Gasteiger partial charge in [-0.1, -0.05) is 13.8 Å². The fourth-order valence-electron chi connectivity index (χ4n) is 3.57. The van der Waals surface area contributed by atoms with Crippen LogP contribution in [-0.2, 0) is 4.74 Å². The number of ether oxygens (including phenoxy) is 1. The van der Waals surface area contributed by atoms with E-state index in [1.807, 2.05) is 18.7 Å². The molecule has 0 unspecified atom stereocenters. The van der Waals surface area contributed by atoms with Crippen LogP contribution in [0.3, 0.4) is 0 Å². The molecule has 138 valence electrons. The molecule has 0 bridgehead atoms. The fourth-order valence-corrected chi connectivity index (χ4v) is 3.57. The summed E-state index contributed by atoms with van der Waals surface area (Å²) >= 11 is 0. The van der Waals surface area contributed by atoms with Crippen LogP contribution in [0.1, 0.15) is 36.1 Å². The van der Waals surface area contributed by atoms with E-state index >= 15 is 0 Å². The Labute approximate surface area is 149 Å². The third kappa shape index (κ3) is 4.34. The van der Waals surface area contributed by atoms with Crippen molar-refractivity contribution in [3.8, 4) is 0 Å². The molecule has 25 heavy (non-hydrogen) atoms. The molecule has 3 rings (SSSR count). The molecule has 2 aliphatic heterocycles. The highest BCUT2D eigenvalue weighted by atomic mass is 16.5. The predicted molar refractivity (Wildman–Crippen MR) is 93.3 cm³/mol. The average Bonchev–Trinajstić information content (AvgIpc) is 3.05. The summed E-state index contributed by atoms with van der Waals surface area (Å²) in [5, 5.41) is 9.75. The third-order valence-electron chi connectivity index (χ3n) is 5.10. The summed E-state index contributed by atoms with van der Waals surface area (Å²) in [5.74, 6) is 1.23. The molecule has 0 aromatic carbocycles. The van der Waals surface area contributed by atoms with Crippen molar-refractivity contribution in [2.24, 2.45) is 11.8 Å². The minimum Gasteiger partial charge on any atom is -0.396 e. The fraction of sp³-hybridized carbons (Fsp3) is 0.722. The first kappa shape index (κ1) is 18.2. The smallest absolute Gasteiger partial charge is 0.272 e. The number of aliphatic hydroxyl groups is 1. The van der Waals surface area contributed by atoms with Gasteiger partial charge in [0.05, 0.1) is 13.2 Å². The molecule has 1 N–H and O–H groups in total. The number of amides is 1. The van der Waals surface area contributed by atoms with Gasteiger partial charge in [-0.25, -0.2) is 9.97 Å². The monoisotopic (exact) mass is 348 g/mol. The van der Waals surface area contributed by atoms with E-state index < -0.39 is 0 Å². The summed E-state index contributed by atoms with van der Waals surface area (Å²) < 4.78 is 5.40. The zero-order valence-corrected chi connectivity index (χ0v) is 15.1. The topological polar surface area (TPSA) is 78.8 Å². The second kappa shape index (κ2) is 8.21. The van der Waals surface area contributed by atoms with Gasteiger partial charge in [0.1, 0.15) is 11.5 Å². The molecule has 2 fully saturated rings. The minimum atomic E-state index is -0.0628. The second-order valence-electron chi connectivity index (χ2n) is 7.28. The molecular formula is C18H28N4O3. The Kier molecular flexibility index (Phi) is 5.98. The molecule has 7 nitrogen and oxygen atoms in total. The maximum Gasteiger partial charge on any atom is 0.272 e. The number of rotatable bonds is 5. The van der Waals surface area contributed by atoms with Gasteiger partial charge in [0, 0.05) is 57.4 Å². The lowest BCUT2D eigenvalue weighted by Gasteiger charge is -2.30. The molecule has 0 saturated carbocycles. The van der Waals surface area contributed by atoms with E-state index in [-0.39, 0.29) is 24.3 Å². The standard InChI is InChI=1S/C18H28N4O3/c1-13(2)17-19-4-3-16(20-17)18(24)22-10-14(15(11-22)12-23)9-21-5-7-25-8-6-21/h3-4,13-15,23H,5-12H2,1-2H3/t14-,15-/m1/s1. The summed E-state index contributed by atoms with van der Waals surface area (Å²) in [6.07, 6.45) is 1.65. The second-order valence-corrected chi connectivity index (χ2v) is 7.28. The summed E-state index contributed by atoms with van der Waals surface area (Å²) in [6, 6.07) is 1.68. The lowest BCUT2D eigenvalue weighted by molar-refractivity contribution is 0.0264. The van der Waals surface area contributed by atoms with Crippen molar-refractivity contribution in [2.45, 2.75) is 19.8 Å². The van der Waals surface area contributed by atoms with Crippen molar-refractivity contribution in [1.82, 2.24) is 19.8 Å². The molecule has 2 aliphatic rings. The molecule has 0 aliphatic carbocycles. The Hall–Kier alpha value is -1.57. The highest BCUT2D eigenvalue weighted by Crippen LogP contribution is 2.26. The number of aliphatic hydroxyl groups excluding tert-OH is 1. The Balaban J connectivity index is 1.66. The van der Waals surface area contributed by atoms with Crippen LogP contribution in [0.15, 0.2) is 12.3 Å². The van der Waals surface area contributed by atoms with Gasteiger partial charge in [-0.05, 0) is 12.0 Å². The lowest BCUT2D eigenvalue weighted by Crippen LogP contribution is -2.41. The van der Waals surface area contributed by atoms with Gasteiger partial charge in [0.2, 0.25) is 0 Å². The molecule has 2 saturated heterocycles. The van der Waals surface area contributed by atoms with Crippen molar-refractivity contribution in [2.75, 3.05) is 52.5 Å². The Bertz CT molecular complexity index is 589. The van der Waals surface area contributed by atoms with E-state index in [0.29, 0.717) is 30.5 Å². The minimum absolute atomic E-state index is 0.0628. The van der Waals surface area contributed by atoms with E-state index in [1.165, 1.54) is 0 Å². The first-order valence-electron chi connectivity index (χ1n) is 9.11. The number of nitrogens with zero attached hydrogens (tertiary/aromatic N) is 4. The zero-order valence-electron chi connectivity index (χ0n) is 15.1. The van der Waals surface area contributed by atoms with Crippen molar-refractivity contribution in [1.29, 1.82) is 0 Å². The highest BCUT2D eigenvalue weighted by Gasteiger charge is 2.36. The summed E-state index contributed by atoms with van der Waals surface area (Å²) in [4.78, 5) is 25.7. The Morgan fingerprint density at radius 1 is 1.32 bits per heavy atom. The van der Waals surface area contributed by atoms with E-state index in [4.69, 9.17) is 4.74 Å². The first-order chi connectivity index (χ1) is 12.1. The lowest BCUT2D eigenvalue weighted by atomic mass is 9.96. The van der Waals surface area contributed by atoms with Gasteiger partial charge < -0.3 is 14.7 Å². The molecule has 0 radical (unpaired) electrons. The average molecular weight is 348 g/mol. The maximum absolute atomic E-state index is 12.8. The van der Waals surface area contributed by atoms with E-state index in [2.05, 4.69) is 14.9 Å². The van der Waals surface area contributed by atoms with Crippen LogP contribution >= 0.6 is 0 Å². The highest BCUT2D eigenvalue weighted by molar-refractivity contribution is 5.92. The number of carbonyl (C=O) groups is 1. The van der Waals surface area contributed by atoms with E-state index in [0.717, 1.165) is 32.8 Å². The van der Waals surface area contributed by atoms with Gasteiger partial charge in [0.15, 0.2) is 0 Å². The molecule has 0 spiro atoms. The number of hydrogen-bond acceptors (Lipinski definition) is 6. The molecule has 1 amide bonds. The number of likely N-dealkylation sites (tertiary alicyclic amines) is 1. The first-order valence-corrected chi connectivity index (χ1v) is 9.11. The molecule has 3 heterocycles. The molecule has 2 atom stereocenters. The van der Waals surface area contributed by atoms with Crippen molar-refractivity contribution in [3.63, 3.8) is 0 Å². The predicted octanol–water partition coefficient (Wildman–Crippen LogP) is 0.613. The van der Waals surface area contributed by atoms with Crippen LogP contribution < -0.4 is 0 Å². The van der Waals surface area contributed by atoms with E-state index in [9.17, 15) is 9.90 Å². The van der Waals surface area contributed by atoms with Crippen LogP contribution in [0, 0.1) is 11.8 Å². The quantitative estimate of drug-likeness (QED) is 0.840. The van der Waals surface area contributed by atoms with E-state index in [1.54, 1.807) is 12.3 Å². The summed E-state index contributed by atoms with van der Waals surface area (Å²) in [7, 11) is 0. The number of aromatic nitrogens is 2. The summed E-state index contributed by atoms with van der Waals surface area (Å²) in [5.41, 5.74) is 0.447. The van der Waals surface area contributed by atoms with Crippen LogP contribution in [0.4, 0.5) is 0 Å². The van der Waals surface area contributed by atoms with Crippen molar-refractivity contribution < 1.29 is 14.6 Å². The molecule has 1 aromatic heterocycles. The van der Waals surface area contributed by atoms with Gasteiger partial charge in [-0.2, -0.15) is 0 Å². The maximum atomic E-state index is 12.8. The molecular weight excluding hydrogens is 320 g/mol. The molecule has 1 aromatic rings. The van der Waals surface area contributed by atoms with Crippen molar-refractivity contribution in [3.05, 3.63) is 23.8 Å². The van der Waals surface area contributed by atoms with Crippen molar-refractivity contribution >= 4 is 5.91 Å². The van der Waals surface area contributed by atoms with Gasteiger partial charge in [-0.15, -0.1) is 0 Å². The van der Waals surface area contributed by atoms with Crippen LogP contribution in [0.5, 0.6) is 0 Å². The largest absolute Gasteiger partial charge is 0.396 e. The number of carbonyl (C=O) groups excluding carboxylic acids is 1. The SMILES string of the molecule is CC(C)c1nccc(C(=O)N2C[C@@H](CN3CCOCC3)[C@@H](CO)C2)n1. The molecule has 7 heteroatoms.